The molecule has 0 bridgehead atoms. The summed E-state index contributed by atoms with van der Waals surface area (Å²) in [6.45, 7) is 7.67. The van der Waals surface area contributed by atoms with Gasteiger partial charge in [0.1, 0.15) is 0 Å². The van der Waals surface area contributed by atoms with Crippen molar-refractivity contribution in [2.24, 2.45) is 4.99 Å². The van der Waals surface area contributed by atoms with Gasteiger partial charge in [0.25, 0.3) is 0 Å². The summed E-state index contributed by atoms with van der Waals surface area (Å²) < 4.78 is 1.86. The summed E-state index contributed by atoms with van der Waals surface area (Å²) in [4.78, 5) is 8.85. The highest BCUT2D eigenvalue weighted by molar-refractivity contribution is 5.81. The first-order valence-corrected chi connectivity index (χ1v) is 7.15. The van der Waals surface area contributed by atoms with Gasteiger partial charge in [0.15, 0.2) is 11.8 Å². The van der Waals surface area contributed by atoms with Crippen molar-refractivity contribution >= 4 is 5.96 Å². The Bertz CT molecular complexity index is 655. The number of nitrogens with one attached hydrogen (secondary N) is 2. The smallest absolute Gasteiger partial charge is 0.191 e. The van der Waals surface area contributed by atoms with Crippen molar-refractivity contribution in [2.75, 3.05) is 6.54 Å². The van der Waals surface area contributed by atoms with E-state index < -0.39 is 0 Å². The molecular formula is C15H20N6. The lowest BCUT2D eigenvalue weighted by Gasteiger charge is -2.09. The van der Waals surface area contributed by atoms with Gasteiger partial charge >= 0.3 is 0 Å². The molecule has 1 aliphatic heterocycles. The Labute approximate surface area is 124 Å². The SMILES string of the molecule is Cc1cc(C)n(-c2ccc(CNC3=NCC(C)N3)cn2)n1. The highest BCUT2D eigenvalue weighted by atomic mass is 15.3. The maximum atomic E-state index is 4.48. The maximum Gasteiger partial charge on any atom is 0.191 e. The molecular weight excluding hydrogens is 264 g/mol. The zero-order valence-corrected chi connectivity index (χ0v) is 12.6. The molecule has 6 heteroatoms. The molecule has 0 aliphatic carbocycles. The topological polar surface area (TPSA) is 67.1 Å². The van der Waals surface area contributed by atoms with Gasteiger partial charge in [0, 0.05) is 24.5 Å². The molecule has 1 aliphatic rings. The van der Waals surface area contributed by atoms with E-state index >= 15 is 0 Å². The van der Waals surface area contributed by atoms with Gasteiger partial charge in [0.05, 0.1) is 12.2 Å². The predicted octanol–water partition coefficient (Wildman–Crippen LogP) is 1.32. The summed E-state index contributed by atoms with van der Waals surface area (Å²) in [5.41, 5.74) is 3.20. The molecule has 2 aromatic heterocycles. The zero-order valence-electron chi connectivity index (χ0n) is 12.6. The molecule has 110 valence electrons. The van der Waals surface area contributed by atoms with Crippen LogP contribution in [-0.4, -0.2) is 33.3 Å². The Morgan fingerprint density at radius 3 is 2.81 bits per heavy atom. The second kappa shape index (κ2) is 5.55. The predicted molar refractivity (Wildman–Crippen MR) is 82.6 cm³/mol. The molecule has 0 amide bonds. The summed E-state index contributed by atoms with van der Waals surface area (Å²) in [5.74, 6) is 1.71. The van der Waals surface area contributed by atoms with Gasteiger partial charge < -0.3 is 10.6 Å². The van der Waals surface area contributed by atoms with Gasteiger partial charge in [-0.1, -0.05) is 6.07 Å². The summed E-state index contributed by atoms with van der Waals surface area (Å²) in [6, 6.07) is 6.51. The van der Waals surface area contributed by atoms with E-state index in [9.17, 15) is 0 Å². The number of hydrogen-bond donors (Lipinski definition) is 2. The minimum Gasteiger partial charge on any atom is -0.352 e. The van der Waals surface area contributed by atoms with Gasteiger partial charge in [-0.15, -0.1) is 0 Å². The number of aryl methyl sites for hydroxylation is 2. The monoisotopic (exact) mass is 284 g/mol. The van der Waals surface area contributed by atoms with Crippen molar-refractivity contribution in [2.45, 2.75) is 33.4 Å². The van der Waals surface area contributed by atoms with Crippen LogP contribution in [0, 0.1) is 13.8 Å². The summed E-state index contributed by atoms with van der Waals surface area (Å²) >= 11 is 0. The molecule has 1 atom stereocenters. The Morgan fingerprint density at radius 2 is 2.24 bits per heavy atom. The summed E-state index contributed by atoms with van der Waals surface area (Å²) in [5, 5.41) is 11.0. The Balaban J connectivity index is 1.65. The molecule has 0 spiro atoms. The normalized spacial score (nSPS) is 17.5. The number of aromatic nitrogens is 3. The lowest BCUT2D eigenvalue weighted by molar-refractivity contribution is 0.713. The second-order valence-electron chi connectivity index (χ2n) is 5.45. The number of aliphatic imine (C=N–C) groups is 1. The molecule has 0 fully saturated rings. The lowest BCUT2D eigenvalue weighted by atomic mass is 10.3. The van der Waals surface area contributed by atoms with Crippen LogP contribution in [-0.2, 0) is 6.54 Å². The fourth-order valence-corrected chi connectivity index (χ4v) is 2.35. The van der Waals surface area contributed by atoms with Gasteiger partial charge in [-0.2, -0.15) is 5.10 Å². The molecule has 6 nitrogen and oxygen atoms in total. The summed E-state index contributed by atoms with van der Waals surface area (Å²) in [6.07, 6.45) is 1.87. The number of hydrogen-bond acceptors (Lipinski definition) is 5. The minimum absolute atomic E-state index is 0.416. The second-order valence-corrected chi connectivity index (χ2v) is 5.45. The van der Waals surface area contributed by atoms with Crippen LogP contribution in [0.25, 0.3) is 5.82 Å². The molecule has 21 heavy (non-hydrogen) atoms. The van der Waals surface area contributed by atoms with Crippen molar-refractivity contribution in [3.63, 3.8) is 0 Å². The molecule has 0 aromatic carbocycles. The minimum atomic E-state index is 0.416. The largest absolute Gasteiger partial charge is 0.352 e. The van der Waals surface area contributed by atoms with Crippen molar-refractivity contribution < 1.29 is 0 Å². The van der Waals surface area contributed by atoms with Crippen LogP contribution in [0.1, 0.15) is 23.9 Å². The molecule has 0 saturated heterocycles. The zero-order chi connectivity index (χ0) is 14.8. The van der Waals surface area contributed by atoms with Crippen LogP contribution >= 0.6 is 0 Å². The number of nitrogens with zero attached hydrogens (tertiary/aromatic N) is 4. The van der Waals surface area contributed by atoms with Crippen LogP contribution in [0.4, 0.5) is 0 Å². The van der Waals surface area contributed by atoms with Crippen LogP contribution in [0.2, 0.25) is 0 Å². The Morgan fingerprint density at radius 1 is 1.38 bits per heavy atom. The average molecular weight is 284 g/mol. The van der Waals surface area contributed by atoms with E-state index in [0.29, 0.717) is 12.6 Å². The third-order valence-corrected chi connectivity index (χ3v) is 3.40. The van der Waals surface area contributed by atoms with Crippen LogP contribution in [0.5, 0.6) is 0 Å². The molecule has 3 heterocycles. The third kappa shape index (κ3) is 3.04. The highest BCUT2D eigenvalue weighted by Crippen LogP contribution is 2.10. The van der Waals surface area contributed by atoms with E-state index in [1.54, 1.807) is 0 Å². The van der Waals surface area contributed by atoms with E-state index in [4.69, 9.17) is 0 Å². The van der Waals surface area contributed by atoms with E-state index in [-0.39, 0.29) is 0 Å². The van der Waals surface area contributed by atoms with Crippen LogP contribution in [0.15, 0.2) is 29.4 Å². The van der Waals surface area contributed by atoms with E-state index in [1.807, 2.05) is 36.9 Å². The first kappa shape index (κ1) is 13.6. The molecule has 2 aromatic rings. The van der Waals surface area contributed by atoms with Crippen LogP contribution < -0.4 is 10.6 Å². The van der Waals surface area contributed by atoms with E-state index in [1.165, 1.54) is 0 Å². The molecule has 1 unspecified atom stereocenters. The summed E-state index contributed by atoms with van der Waals surface area (Å²) in [7, 11) is 0. The fourth-order valence-electron chi connectivity index (χ4n) is 2.35. The fraction of sp³-hybridized carbons (Fsp3) is 0.400. The van der Waals surface area contributed by atoms with E-state index in [0.717, 1.165) is 35.3 Å². The third-order valence-electron chi connectivity index (χ3n) is 3.40. The van der Waals surface area contributed by atoms with Crippen molar-refractivity contribution in [3.05, 3.63) is 41.3 Å². The maximum absolute atomic E-state index is 4.48. The first-order chi connectivity index (χ1) is 10.1. The molecule has 2 N–H and O–H groups in total. The van der Waals surface area contributed by atoms with Crippen molar-refractivity contribution in [1.82, 2.24) is 25.4 Å². The van der Waals surface area contributed by atoms with Gasteiger partial charge in [-0.25, -0.2) is 9.67 Å². The number of rotatable bonds is 3. The Hall–Kier alpha value is -2.37. The van der Waals surface area contributed by atoms with Gasteiger partial charge in [0.2, 0.25) is 0 Å². The van der Waals surface area contributed by atoms with Crippen LogP contribution in [0.3, 0.4) is 0 Å². The molecule has 3 rings (SSSR count). The number of pyridine rings is 1. The number of guanidine groups is 1. The Kier molecular flexibility index (Phi) is 3.60. The van der Waals surface area contributed by atoms with E-state index in [2.05, 4.69) is 38.7 Å². The van der Waals surface area contributed by atoms with Gasteiger partial charge in [-0.3, -0.25) is 4.99 Å². The molecule has 0 radical (unpaired) electrons. The quantitative estimate of drug-likeness (QED) is 0.892. The average Bonchev–Trinajstić information content (AvgIpc) is 3.03. The lowest BCUT2D eigenvalue weighted by Crippen LogP contribution is -2.37. The first-order valence-electron chi connectivity index (χ1n) is 7.15. The van der Waals surface area contributed by atoms with Crippen molar-refractivity contribution in [3.8, 4) is 5.82 Å². The molecule has 0 saturated carbocycles. The van der Waals surface area contributed by atoms with Crippen molar-refractivity contribution in [1.29, 1.82) is 0 Å². The van der Waals surface area contributed by atoms with Gasteiger partial charge in [-0.05, 0) is 38.5 Å². The standard InChI is InChI=1S/C15H20N6/c1-10-6-12(3)21(20-10)14-5-4-13(8-16-14)9-18-15-17-7-11(2)19-15/h4-6,8,11H,7,9H2,1-3H3,(H2,17,18,19). The highest BCUT2D eigenvalue weighted by Gasteiger charge is 2.11.